The van der Waals surface area contributed by atoms with Crippen molar-refractivity contribution in [2.45, 2.75) is 58.2 Å². The third-order valence-electron chi connectivity index (χ3n) is 3.81. The molecule has 17 heavy (non-hydrogen) atoms. The number of pyridine rings is 1. The second kappa shape index (κ2) is 5.05. The highest BCUT2D eigenvalue weighted by atomic mass is 15.3. The first-order valence-corrected chi connectivity index (χ1v) is 6.64. The summed E-state index contributed by atoms with van der Waals surface area (Å²) < 4.78 is 0. The van der Waals surface area contributed by atoms with Gasteiger partial charge in [0.05, 0.1) is 0 Å². The van der Waals surface area contributed by atoms with Gasteiger partial charge in [0.2, 0.25) is 0 Å². The normalized spacial score (nSPS) is 26.2. The third-order valence-corrected chi connectivity index (χ3v) is 3.81. The van der Waals surface area contributed by atoms with Crippen LogP contribution in [0.3, 0.4) is 0 Å². The van der Waals surface area contributed by atoms with Crippen molar-refractivity contribution >= 4 is 5.82 Å². The molecular weight excluding hydrogens is 210 g/mol. The van der Waals surface area contributed by atoms with E-state index in [2.05, 4.69) is 29.8 Å². The number of anilines is 1. The van der Waals surface area contributed by atoms with Gasteiger partial charge in [-0.15, -0.1) is 0 Å². The third kappa shape index (κ3) is 2.29. The molecule has 3 nitrogen and oxygen atoms in total. The Hall–Kier alpha value is -1.09. The van der Waals surface area contributed by atoms with Gasteiger partial charge in [0.25, 0.3) is 0 Å². The average molecular weight is 233 g/mol. The molecule has 0 spiro atoms. The number of aromatic nitrogens is 1. The highest BCUT2D eigenvalue weighted by Gasteiger charge is 2.31. The van der Waals surface area contributed by atoms with Crippen molar-refractivity contribution < 1.29 is 0 Å². The minimum Gasteiger partial charge on any atom is -0.351 e. The molecule has 1 fully saturated rings. The van der Waals surface area contributed by atoms with Crippen LogP contribution in [0.4, 0.5) is 5.82 Å². The smallest absolute Gasteiger partial charge is 0.133 e. The Balaban J connectivity index is 2.38. The summed E-state index contributed by atoms with van der Waals surface area (Å²) in [5.41, 5.74) is 7.21. The molecule has 94 valence electrons. The minimum atomic E-state index is 0.0454. The van der Waals surface area contributed by atoms with E-state index in [1.807, 2.05) is 19.2 Å². The van der Waals surface area contributed by atoms with Crippen LogP contribution in [0.2, 0.25) is 0 Å². The van der Waals surface area contributed by atoms with Crippen LogP contribution in [0, 0.1) is 0 Å². The first kappa shape index (κ1) is 12.4. The molecule has 1 saturated heterocycles. The maximum Gasteiger partial charge on any atom is 0.133 e. The van der Waals surface area contributed by atoms with Crippen molar-refractivity contribution in [1.29, 1.82) is 0 Å². The van der Waals surface area contributed by atoms with Crippen molar-refractivity contribution in [3.8, 4) is 0 Å². The van der Waals surface area contributed by atoms with Crippen LogP contribution in [0.15, 0.2) is 18.3 Å². The SMILES string of the molecule is CCC1CCC(C)N1c1ncccc1[C@H](C)N. The van der Waals surface area contributed by atoms with E-state index in [1.165, 1.54) is 24.8 Å². The molecule has 1 aromatic heterocycles. The average Bonchev–Trinajstić information content (AvgIpc) is 2.70. The number of nitrogens with two attached hydrogens (primary N) is 1. The molecule has 1 aromatic rings. The molecule has 0 radical (unpaired) electrons. The van der Waals surface area contributed by atoms with Crippen molar-refractivity contribution in [3.05, 3.63) is 23.9 Å². The topological polar surface area (TPSA) is 42.2 Å². The summed E-state index contributed by atoms with van der Waals surface area (Å²) in [6.45, 7) is 6.57. The summed E-state index contributed by atoms with van der Waals surface area (Å²) >= 11 is 0. The van der Waals surface area contributed by atoms with Gasteiger partial charge in [-0.1, -0.05) is 13.0 Å². The van der Waals surface area contributed by atoms with Crippen LogP contribution in [0.5, 0.6) is 0 Å². The molecule has 2 N–H and O–H groups in total. The van der Waals surface area contributed by atoms with E-state index in [0.29, 0.717) is 12.1 Å². The highest BCUT2D eigenvalue weighted by molar-refractivity contribution is 5.51. The van der Waals surface area contributed by atoms with Crippen molar-refractivity contribution in [1.82, 2.24) is 4.98 Å². The van der Waals surface area contributed by atoms with Crippen LogP contribution in [-0.2, 0) is 0 Å². The lowest BCUT2D eigenvalue weighted by molar-refractivity contribution is 0.614. The summed E-state index contributed by atoms with van der Waals surface area (Å²) in [6.07, 6.45) is 5.58. The highest BCUT2D eigenvalue weighted by Crippen LogP contribution is 2.34. The Morgan fingerprint density at radius 3 is 2.94 bits per heavy atom. The van der Waals surface area contributed by atoms with Crippen LogP contribution in [-0.4, -0.2) is 17.1 Å². The van der Waals surface area contributed by atoms with E-state index in [0.717, 1.165) is 5.82 Å². The van der Waals surface area contributed by atoms with Crippen molar-refractivity contribution in [2.75, 3.05) is 4.90 Å². The molecule has 2 unspecified atom stereocenters. The zero-order valence-corrected chi connectivity index (χ0v) is 11.1. The number of rotatable bonds is 3. The van der Waals surface area contributed by atoms with Crippen LogP contribution < -0.4 is 10.6 Å². The van der Waals surface area contributed by atoms with Crippen LogP contribution >= 0.6 is 0 Å². The summed E-state index contributed by atoms with van der Waals surface area (Å²) in [6, 6.07) is 5.32. The first-order valence-electron chi connectivity index (χ1n) is 6.64. The van der Waals surface area contributed by atoms with Gasteiger partial charge in [0.15, 0.2) is 0 Å². The summed E-state index contributed by atoms with van der Waals surface area (Å²) in [7, 11) is 0. The van der Waals surface area contributed by atoms with Gasteiger partial charge in [-0.2, -0.15) is 0 Å². The van der Waals surface area contributed by atoms with E-state index in [1.54, 1.807) is 0 Å². The largest absolute Gasteiger partial charge is 0.351 e. The van der Waals surface area contributed by atoms with Crippen LogP contribution in [0.25, 0.3) is 0 Å². The fraction of sp³-hybridized carbons (Fsp3) is 0.643. The van der Waals surface area contributed by atoms with Gasteiger partial charge in [-0.3, -0.25) is 0 Å². The summed E-state index contributed by atoms with van der Waals surface area (Å²) in [4.78, 5) is 7.05. The monoisotopic (exact) mass is 233 g/mol. The maximum absolute atomic E-state index is 6.05. The number of hydrogen-bond donors (Lipinski definition) is 1. The molecule has 1 aliphatic rings. The lowest BCUT2D eigenvalue weighted by Gasteiger charge is -2.31. The molecule has 0 aliphatic carbocycles. The Bertz CT molecular complexity index is 375. The van der Waals surface area contributed by atoms with Crippen molar-refractivity contribution in [2.24, 2.45) is 5.73 Å². The molecular formula is C14H23N3. The fourth-order valence-corrected chi connectivity index (χ4v) is 2.83. The number of hydrogen-bond acceptors (Lipinski definition) is 3. The van der Waals surface area contributed by atoms with E-state index in [4.69, 9.17) is 5.73 Å². The Labute approximate surface area is 104 Å². The molecule has 0 bridgehead atoms. The molecule has 3 atom stereocenters. The lowest BCUT2D eigenvalue weighted by Crippen LogP contribution is -2.36. The predicted molar refractivity (Wildman–Crippen MR) is 72.1 cm³/mol. The van der Waals surface area contributed by atoms with E-state index >= 15 is 0 Å². The van der Waals surface area contributed by atoms with Crippen molar-refractivity contribution in [3.63, 3.8) is 0 Å². The van der Waals surface area contributed by atoms with Gasteiger partial charge in [0, 0.05) is 29.9 Å². The van der Waals surface area contributed by atoms with Gasteiger partial charge in [-0.05, 0) is 39.2 Å². The summed E-state index contributed by atoms with van der Waals surface area (Å²) in [5.74, 6) is 1.10. The predicted octanol–water partition coefficient (Wildman–Crippen LogP) is 2.87. The standard InChI is InChI=1S/C14H23N3/c1-4-12-8-7-10(2)17(12)14-13(11(3)15)6-5-9-16-14/h5-6,9-12H,4,7-8,15H2,1-3H3/t10?,11-,12?/m0/s1. The quantitative estimate of drug-likeness (QED) is 0.873. The molecule has 0 amide bonds. The molecule has 0 aromatic carbocycles. The molecule has 1 aliphatic heterocycles. The summed E-state index contributed by atoms with van der Waals surface area (Å²) in [5, 5.41) is 0. The molecule has 0 saturated carbocycles. The van der Waals surface area contributed by atoms with E-state index in [-0.39, 0.29) is 6.04 Å². The molecule has 2 heterocycles. The second-order valence-corrected chi connectivity index (χ2v) is 5.10. The number of nitrogens with zero attached hydrogens (tertiary/aromatic N) is 2. The lowest BCUT2D eigenvalue weighted by atomic mass is 10.1. The van der Waals surface area contributed by atoms with E-state index < -0.39 is 0 Å². The zero-order chi connectivity index (χ0) is 12.4. The van der Waals surface area contributed by atoms with Crippen LogP contribution in [0.1, 0.15) is 51.6 Å². The van der Waals surface area contributed by atoms with Gasteiger partial charge in [0.1, 0.15) is 5.82 Å². The van der Waals surface area contributed by atoms with E-state index in [9.17, 15) is 0 Å². The molecule has 2 rings (SSSR count). The van der Waals surface area contributed by atoms with Gasteiger partial charge < -0.3 is 10.6 Å². The fourth-order valence-electron chi connectivity index (χ4n) is 2.83. The maximum atomic E-state index is 6.05. The minimum absolute atomic E-state index is 0.0454. The first-order chi connectivity index (χ1) is 8.15. The van der Waals surface area contributed by atoms with Gasteiger partial charge >= 0.3 is 0 Å². The second-order valence-electron chi connectivity index (χ2n) is 5.10. The molecule has 3 heteroatoms. The Kier molecular flexibility index (Phi) is 3.67. The zero-order valence-electron chi connectivity index (χ0n) is 11.1. The Morgan fingerprint density at radius 1 is 1.53 bits per heavy atom. The Morgan fingerprint density at radius 2 is 2.29 bits per heavy atom. The van der Waals surface area contributed by atoms with Gasteiger partial charge in [-0.25, -0.2) is 4.98 Å².